The molecule has 4 nitrogen and oxygen atoms in total. The van der Waals surface area contributed by atoms with Crippen molar-refractivity contribution in [1.82, 2.24) is 5.32 Å². The predicted molar refractivity (Wildman–Crippen MR) is 70.1 cm³/mol. The van der Waals surface area contributed by atoms with Gasteiger partial charge in [0.15, 0.2) is 0 Å². The number of nitrogens with zero attached hydrogens (tertiary/aromatic N) is 1. The first kappa shape index (κ1) is 14.4. The topological polar surface area (TPSA) is 49.4 Å². The molecule has 0 bridgehead atoms. The highest BCUT2D eigenvalue weighted by molar-refractivity contribution is 6.08. The van der Waals surface area contributed by atoms with Crippen molar-refractivity contribution in [3.05, 3.63) is 29.8 Å². The van der Waals surface area contributed by atoms with Gasteiger partial charge in [-0.2, -0.15) is 0 Å². The van der Waals surface area contributed by atoms with E-state index in [1.54, 1.807) is 0 Å². The van der Waals surface area contributed by atoms with Gasteiger partial charge in [-0.3, -0.25) is 14.5 Å². The SMILES string of the molecule is CCCC1NC(=O)C(C)N(c2c(F)cccc2F)C1=O. The molecule has 108 valence electrons. The second-order valence-corrected chi connectivity index (χ2v) is 4.80. The minimum Gasteiger partial charge on any atom is -0.342 e. The Bertz CT molecular complexity index is 528. The second-order valence-electron chi connectivity index (χ2n) is 4.80. The van der Waals surface area contributed by atoms with Gasteiger partial charge in [-0.05, 0) is 25.5 Å². The Balaban J connectivity index is 2.46. The summed E-state index contributed by atoms with van der Waals surface area (Å²) in [6.07, 6.45) is 1.11. The Morgan fingerprint density at radius 2 is 1.85 bits per heavy atom. The largest absolute Gasteiger partial charge is 0.342 e. The van der Waals surface area contributed by atoms with Gasteiger partial charge in [0, 0.05) is 0 Å². The first-order valence-corrected chi connectivity index (χ1v) is 6.54. The molecule has 1 heterocycles. The van der Waals surface area contributed by atoms with Crippen molar-refractivity contribution in [3.63, 3.8) is 0 Å². The number of amides is 2. The number of anilines is 1. The molecule has 2 atom stereocenters. The predicted octanol–water partition coefficient (Wildman–Crippen LogP) is 1.98. The zero-order valence-corrected chi connectivity index (χ0v) is 11.3. The summed E-state index contributed by atoms with van der Waals surface area (Å²) in [5.74, 6) is -2.60. The van der Waals surface area contributed by atoms with Crippen LogP contribution in [0.4, 0.5) is 14.5 Å². The molecule has 0 aromatic heterocycles. The van der Waals surface area contributed by atoms with Crippen LogP contribution < -0.4 is 10.2 Å². The van der Waals surface area contributed by atoms with Gasteiger partial charge >= 0.3 is 0 Å². The molecule has 1 saturated heterocycles. The zero-order chi connectivity index (χ0) is 14.9. The number of para-hydroxylation sites is 1. The van der Waals surface area contributed by atoms with E-state index >= 15 is 0 Å². The van der Waals surface area contributed by atoms with Gasteiger partial charge in [0.25, 0.3) is 0 Å². The molecule has 0 saturated carbocycles. The molecular formula is C14H16F2N2O2. The third kappa shape index (κ3) is 2.37. The van der Waals surface area contributed by atoms with Gasteiger partial charge in [-0.15, -0.1) is 0 Å². The average Bonchev–Trinajstić information content (AvgIpc) is 2.39. The number of hydrogen-bond donors (Lipinski definition) is 1. The lowest BCUT2D eigenvalue weighted by Crippen LogP contribution is -2.63. The third-order valence-electron chi connectivity index (χ3n) is 3.37. The summed E-state index contributed by atoms with van der Waals surface area (Å²) in [5, 5.41) is 2.58. The normalized spacial score (nSPS) is 22.9. The smallest absolute Gasteiger partial charge is 0.250 e. The highest BCUT2D eigenvalue weighted by Crippen LogP contribution is 2.28. The van der Waals surface area contributed by atoms with Crippen molar-refractivity contribution >= 4 is 17.5 Å². The van der Waals surface area contributed by atoms with Crippen LogP contribution in [0.1, 0.15) is 26.7 Å². The van der Waals surface area contributed by atoms with E-state index in [1.807, 2.05) is 6.92 Å². The maximum Gasteiger partial charge on any atom is 0.250 e. The van der Waals surface area contributed by atoms with E-state index in [0.29, 0.717) is 12.8 Å². The van der Waals surface area contributed by atoms with E-state index in [2.05, 4.69) is 5.32 Å². The number of hydrogen-bond acceptors (Lipinski definition) is 2. The van der Waals surface area contributed by atoms with Gasteiger partial charge in [-0.1, -0.05) is 19.4 Å². The molecule has 1 N–H and O–H groups in total. The number of piperazine rings is 1. The third-order valence-corrected chi connectivity index (χ3v) is 3.37. The van der Waals surface area contributed by atoms with Crippen molar-refractivity contribution in [2.45, 2.75) is 38.8 Å². The minimum atomic E-state index is -0.943. The van der Waals surface area contributed by atoms with Gasteiger partial charge in [0.05, 0.1) is 0 Å². The van der Waals surface area contributed by atoms with Crippen molar-refractivity contribution in [2.24, 2.45) is 0 Å². The van der Waals surface area contributed by atoms with Crippen molar-refractivity contribution in [3.8, 4) is 0 Å². The quantitative estimate of drug-likeness (QED) is 0.921. The molecule has 1 aliphatic heterocycles. The van der Waals surface area contributed by atoms with E-state index in [4.69, 9.17) is 0 Å². The highest BCUT2D eigenvalue weighted by atomic mass is 19.1. The number of carbonyl (C=O) groups excluding carboxylic acids is 2. The Hall–Kier alpha value is -1.98. The standard InChI is InChI=1S/C14H16F2N2O2/c1-3-5-11-14(20)18(8(2)13(19)17-11)12-9(15)6-4-7-10(12)16/h4,6-8,11H,3,5H2,1-2H3,(H,17,19). The summed E-state index contributed by atoms with van der Waals surface area (Å²) < 4.78 is 27.7. The van der Waals surface area contributed by atoms with Crippen molar-refractivity contribution in [2.75, 3.05) is 4.90 Å². The summed E-state index contributed by atoms with van der Waals surface area (Å²) in [6.45, 7) is 3.31. The van der Waals surface area contributed by atoms with Gasteiger partial charge in [-0.25, -0.2) is 8.78 Å². The first-order valence-electron chi connectivity index (χ1n) is 6.54. The van der Waals surface area contributed by atoms with Gasteiger partial charge in [0.1, 0.15) is 29.4 Å². The van der Waals surface area contributed by atoms with Gasteiger partial charge in [0.2, 0.25) is 11.8 Å². The van der Waals surface area contributed by atoms with Crippen LogP contribution in [0.3, 0.4) is 0 Å². The number of nitrogens with one attached hydrogen (secondary N) is 1. The summed E-state index contributed by atoms with van der Waals surface area (Å²) in [5.41, 5.74) is -0.457. The lowest BCUT2D eigenvalue weighted by atomic mass is 10.0. The maximum absolute atomic E-state index is 13.9. The minimum absolute atomic E-state index is 0.411. The number of benzene rings is 1. The number of rotatable bonds is 3. The molecule has 2 rings (SSSR count). The van der Waals surface area contributed by atoms with Crippen LogP contribution in [0.25, 0.3) is 0 Å². The summed E-state index contributed by atoms with van der Waals surface area (Å²) in [6, 6.07) is 1.68. The van der Waals surface area contributed by atoms with E-state index < -0.39 is 41.2 Å². The molecule has 2 amide bonds. The zero-order valence-electron chi connectivity index (χ0n) is 11.3. The van der Waals surface area contributed by atoms with Crippen LogP contribution in [0, 0.1) is 11.6 Å². The molecule has 2 unspecified atom stereocenters. The van der Waals surface area contributed by atoms with E-state index in [9.17, 15) is 18.4 Å². The molecule has 1 aliphatic rings. The van der Waals surface area contributed by atoms with Crippen LogP contribution in [-0.4, -0.2) is 23.9 Å². The van der Waals surface area contributed by atoms with Crippen LogP contribution in [0.2, 0.25) is 0 Å². The van der Waals surface area contributed by atoms with Crippen molar-refractivity contribution in [1.29, 1.82) is 0 Å². The summed E-state index contributed by atoms with van der Waals surface area (Å²) in [4.78, 5) is 25.2. The summed E-state index contributed by atoms with van der Waals surface area (Å²) >= 11 is 0. The van der Waals surface area contributed by atoms with Crippen LogP contribution in [-0.2, 0) is 9.59 Å². The van der Waals surface area contributed by atoms with Crippen LogP contribution in [0.15, 0.2) is 18.2 Å². The number of carbonyl (C=O) groups is 2. The Kier molecular flexibility index (Phi) is 4.01. The lowest BCUT2D eigenvalue weighted by molar-refractivity contribution is -0.133. The maximum atomic E-state index is 13.9. The number of halogens is 2. The van der Waals surface area contributed by atoms with Crippen LogP contribution >= 0.6 is 0 Å². The average molecular weight is 282 g/mol. The molecule has 0 aliphatic carbocycles. The van der Waals surface area contributed by atoms with E-state index in [0.717, 1.165) is 17.0 Å². The molecule has 20 heavy (non-hydrogen) atoms. The first-order chi connectivity index (χ1) is 9.47. The Morgan fingerprint density at radius 1 is 1.25 bits per heavy atom. The fraction of sp³-hybridized carbons (Fsp3) is 0.429. The Morgan fingerprint density at radius 3 is 2.40 bits per heavy atom. The summed E-state index contributed by atoms with van der Waals surface area (Å²) in [7, 11) is 0. The van der Waals surface area contributed by atoms with Crippen LogP contribution in [0.5, 0.6) is 0 Å². The fourth-order valence-electron chi connectivity index (χ4n) is 2.34. The molecule has 6 heteroatoms. The fourth-order valence-corrected chi connectivity index (χ4v) is 2.34. The van der Waals surface area contributed by atoms with Gasteiger partial charge < -0.3 is 5.32 Å². The Labute approximate surface area is 115 Å². The molecular weight excluding hydrogens is 266 g/mol. The molecule has 0 radical (unpaired) electrons. The molecule has 1 aromatic rings. The molecule has 1 aromatic carbocycles. The van der Waals surface area contributed by atoms with Crippen molar-refractivity contribution < 1.29 is 18.4 Å². The monoisotopic (exact) mass is 282 g/mol. The second kappa shape index (κ2) is 5.56. The highest BCUT2D eigenvalue weighted by Gasteiger charge is 2.40. The van der Waals surface area contributed by atoms with E-state index in [1.165, 1.54) is 13.0 Å². The molecule has 1 fully saturated rings. The molecule has 0 spiro atoms. The lowest BCUT2D eigenvalue weighted by Gasteiger charge is -2.37. The van der Waals surface area contributed by atoms with E-state index in [-0.39, 0.29) is 0 Å².